The van der Waals surface area contributed by atoms with Crippen LogP contribution in [0.15, 0.2) is 40.9 Å². The van der Waals surface area contributed by atoms with Gasteiger partial charge >= 0.3 is 0 Å². The van der Waals surface area contributed by atoms with Crippen molar-refractivity contribution in [1.82, 2.24) is 0 Å². The molecule has 0 unspecified atom stereocenters. The molecule has 0 fully saturated rings. The Morgan fingerprint density at radius 3 is 2.65 bits per heavy atom. The molecule has 3 nitrogen and oxygen atoms in total. The van der Waals surface area contributed by atoms with Crippen LogP contribution in [0.1, 0.15) is 15.9 Å². The number of benzene rings is 2. The second kappa shape index (κ2) is 6.29. The van der Waals surface area contributed by atoms with Crippen molar-refractivity contribution in [3.63, 3.8) is 0 Å². The molecule has 0 radical (unpaired) electrons. The van der Waals surface area contributed by atoms with E-state index in [0.29, 0.717) is 20.7 Å². The topological polar surface area (TPSA) is 41.1 Å². The van der Waals surface area contributed by atoms with Crippen LogP contribution in [-0.4, -0.2) is 13.0 Å². The molecule has 0 atom stereocenters. The van der Waals surface area contributed by atoms with Crippen molar-refractivity contribution in [1.29, 1.82) is 0 Å². The second-order valence-electron chi connectivity index (χ2n) is 4.35. The Kier molecular flexibility index (Phi) is 4.68. The second-order valence-corrected chi connectivity index (χ2v) is 5.55. The molecule has 0 spiro atoms. The lowest BCUT2D eigenvalue weighted by Gasteiger charge is -2.12. The third kappa shape index (κ3) is 3.14. The van der Waals surface area contributed by atoms with Gasteiger partial charge in [0.1, 0.15) is 0 Å². The number of hydrogen-bond donors (Lipinski definition) is 2. The zero-order valence-electron chi connectivity index (χ0n) is 11.1. The Hall–Kier alpha value is -1.52. The van der Waals surface area contributed by atoms with E-state index in [9.17, 15) is 4.79 Å². The first-order valence-corrected chi connectivity index (χ1v) is 7.24. The van der Waals surface area contributed by atoms with Gasteiger partial charge in [-0.3, -0.25) is 4.79 Å². The average Bonchev–Trinajstić information content (AvgIpc) is 2.43. The molecule has 0 aromatic heterocycles. The summed E-state index contributed by atoms with van der Waals surface area (Å²) < 4.78 is 0.675. The largest absolute Gasteiger partial charge is 0.387 e. The van der Waals surface area contributed by atoms with Gasteiger partial charge in [0.05, 0.1) is 20.7 Å². The molecular weight excluding hydrogens is 340 g/mol. The lowest BCUT2D eigenvalue weighted by atomic mass is 10.1. The van der Waals surface area contributed by atoms with E-state index in [1.165, 1.54) is 0 Å². The number of aryl methyl sites for hydroxylation is 1. The summed E-state index contributed by atoms with van der Waals surface area (Å²) in [7, 11) is 1.79. The van der Waals surface area contributed by atoms with Gasteiger partial charge in [-0.2, -0.15) is 0 Å². The standard InChI is InChI=1S/C15H14BrClN2O/c1-9-6-7-12(18-2)10(8-9)15(20)19-13-5-3-4-11(17)14(13)16/h3-8,18H,1-2H3,(H,19,20). The van der Waals surface area contributed by atoms with E-state index >= 15 is 0 Å². The summed E-state index contributed by atoms with van der Waals surface area (Å²) in [4.78, 5) is 12.4. The molecule has 104 valence electrons. The number of anilines is 2. The van der Waals surface area contributed by atoms with Crippen molar-refractivity contribution in [3.8, 4) is 0 Å². The third-order valence-electron chi connectivity index (χ3n) is 2.89. The van der Waals surface area contributed by atoms with Gasteiger partial charge in [-0.05, 0) is 47.1 Å². The van der Waals surface area contributed by atoms with Crippen molar-refractivity contribution in [2.75, 3.05) is 17.7 Å². The minimum atomic E-state index is -0.180. The van der Waals surface area contributed by atoms with Crippen molar-refractivity contribution < 1.29 is 4.79 Å². The number of nitrogens with one attached hydrogen (secondary N) is 2. The third-order valence-corrected chi connectivity index (χ3v) is 4.29. The number of hydrogen-bond acceptors (Lipinski definition) is 2. The van der Waals surface area contributed by atoms with Gasteiger partial charge < -0.3 is 10.6 Å². The highest BCUT2D eigenvalue weighted by atomic mass is 79.9. The van der Waals surface area contributed by atoms with Gasteiger partial charge in [0, 0.05) is 12.7 Å². The van der Waals surface area contributed by atoms with Crippen LogP contribution in [0.2, 0.25) is 5.02 Å². The first kappa shape index (κ1) is 14.9. The Morgan fingerprint density at radius 1 is 1.20 bits per heavy atom. The highest BCUT2D eigenvalue weighted by Gasteiger charge is 2.13. The maximum absolute atomic E-state index is 12.4. The number of amides is 1. The highest BCUT2D eigenvalue weighted by molar-refractivity contribution is 9.10. The maximum atomic E-state index is 12.4. The Labute approximate surface area is 131 Å². The summed E-state index contributed by atoms with van der Waals surface area (Å²) >= 11 is 9.39. The molecule has 0 saturated heterocycles. The summed E-state index contributed by atoms with van der Waals surface area (Å²) in [5, 5.41) is 6.43. The fourth-order valence-electron chi connectivity index (χ4n) is 1.85. The molecule has 0 aliphatic rings. The summed E-state index contributed by atoms with van der Waals surface area (Å²) in [5.74, 6) is -0.180. The lowest BCUT2D eigenvalue weighted by molar-refractivity contribution is 0.102. The monoisotopic (exact) mass is 352 g/mol. The van der Waals surface area contributed by atoms with Crippen LogP contribution in [0, 0.1) is 6.92 Å². The van der Waals surface area contributed by atoms with Gasteiger partial charge in [-0.1, -0.05) is 29.3 Å². The van der Waals surface area contributed by atoms with Crippen LogP contribution in [-0.2, 0) is 0 Å². The Bertz CT molecular complexity index is 658. The van der Waals surface area contributed by atoms with E-state index in [-0.39, 0.29) is 5.91 Å². The van der Waals surface area contributed by atoms with Crippen LogP contribution in [0.5, 0.6) is 0 Å². The molecular formula is C15H14BrClN2O. The Balaban J connectivity index is 2.33. The van der Waals surface area contributed by atoms with E-state index in [1.807, 2.05) is 25.1 Å². The SMILES string of the molecule is CNc1ccc(C)cc1C(=O)Nc1cccc(Cl)c1Br. The van der Waals surface area contributed by atoms with Crippen LogP contribution >= 0.6 is 27.5 Å². The smallest absolute Gasteiger partial charge is 0.257 e. The predicted molar refractivity (Wildman–Crippen MR) is 87.8 cm³/mol. The average molecular weight is 354 g/mol. The molecule has 0 aliphatic heterocycles. The summed E-state index contributed by atoms with van der Waals surface area (Å²) in [6.45, 7) is 1.95. The minimum absolute atomic E-state index is 0.180. The summed E-state index contributed by atoms with van der Waals surface area (Å²) in [6, 6.07) is 11.0. The molecule has 2 aromatic rings. The van der Waals surface area contributed by atoms with Gasteiger partial charge in [-0.25, -0.2) is 0 Å². The first-order chi connectivity index (χ1) is 9.52. The van der Waals surface area contributed by atoms with E-state index in [1.54, 1.807) is 25.2 Å². The zero-order chi connectivity index (χ0) is 14.7. The van der Waals surface area contributed by atoms with Crippen molar-refractivity contribution >= 4 is 44.8 Å². The number of carbonyl (C=O) groups is 1. The van der Waals surface area contributed by atoms with Crippen LogP contribution in [0.4, 0.5) is 11.4 Å². The molecule has 2 aromatic carbocycles. The van der Waals surface area contributed by atoms with Gasteiger partial charge in [0.25, 0.3) is 5.91 Å². The Morgan fingerprint density at radius 2 is 1.95 bits per heavy atom. The van der Waals surface area contributed by atoms with E-state index in [0.717, 1.165) is 11.3 Å². The molecule has 2 N–H and O–H groups in total. The van der Waals surface area contributed by atoms with E-state index in [2.05, 4.69) is 26.6 Å². The molecule has 2 rings (SSSR count). The number of carbonyl (C=O) groups excluding carboxylic acids is 1. The summed E-state index contributed by atoms with van der Waals surface area (Å²) in [5.41, 5.74) is 3.05. The molecule has 20 heavy (non-hydrogen) atoms. The normalized spacial score (nSPS) is 10.2. The first-order valence-electron chi connectivity index (χ1n) is 6.06. The molecule has 1 amide bonds. The fourth-order valence-corrected chi connectivity index (χ4v) is 2.39. The van der Waals surface area contributed by atoms with Gasteiger partial charge in [0.2, 0.25) is 0 Å². The lowest BCUT2D eigenvalue weighted by Crippen LogP contribution is -2.14. The van der Waals surface area contributed by atoms with E-state index < -0.39 is 0 Å². The maximum Gasteiger partial charge on any atom is 0.257 e. The molecule has 0 bridgehead atoms. The van der Waals surface area contributed by atoms with Crippen molar-refractivity contribution in [3.05, 3.63) is 57.0 Å². The number of rotatable bonds is 3. The predicted octanol–water partition coefficient (Wildman–Crippen LogP) is 4.70. The van der Waals surface area contributed by atoms with Crippen LogP contribution in [0.25, 0.3) is 0 Å². The molecule has 0 heterocycles. The van der Waals surface area contributed by atoms with Crippen molar-refractivity contribution in [2.45, 2.75) is 6.92 Å². The minimum Gasteiger partial charge on any atom is -0.387 e. The molecule has 0 aliphatic carbocycles. The van der Waals surface area contributed by atoms with Crippen molar-refractivity contribution in [2.24, 2.45) is 0 Å². The van der Waals surface area contributed by atoms with Gasteiger partial charge in [-0.15, -0.1) is 0 Å². The summed E-state index contributed by atoms with van der Waals surface area (Å²) in [6.07, 6.45) is 0. The van der Waals surface area contributed by atoms with Gasteiger partial charge in [0.15, 0.2) is 0 Å². The van der Waals surface area contributed by atoms with E-state index in [4.69, 9.17) is 11.6 Å². The zero-order valence-corrected chi connectivity index (χ0v) is 13.5. The highest BCUT2D eigenvalue weighted by Crippen LogP contribution is 2.30. The van der Waals surface area contributed by atoms with Crippen LogP contribution in [0.3, 0.4) is 0 Å². The fraction of sp³-hybridized carbons (Fsp3) is 0.133. The quantitative estimate of drug-likeness (QED) is 0.839. The van der Waals surface area contributed by atoms with Crippen LogP contribution < -0.4 is 10.6 Å². The molecule has 5 heteroatoms. The number of halogens is 2. The molecule has 0 saturated carbocycles.